The quantitative estimate of drug-likeness (QED) is 0.488. The molecule has 15 heavy (non-hydrogen) atoms. The van der Waals surface area contributed by atoms with Crippen LogP contribution in [0.15, 0.2) is 28.2 Å². The van der Waals surface area contributed by atoms with Crippen molar-refractivity contribution in [3.05, 3.63) is 29.0 Å². The Morgan fingerprint density at radius 2 is 1.93 bits per heavy atom. The second kappa shape index (κ2) is 4.61. The topological polar surface area (TPSA) is 103 Å². The van der Waals surface area contributed by atoms with E-state index in [1.165, 1.54) is 12.1 Å². The maximum Gasteiger partial charge on any atom is 0.223 e. The van der Waals surface area contributed by atoms with Crippen LogP contribution in [0.1, 0.15) is 0 Å². The number of benzene rings is 1. The molecule has 7 heteroatoms. The van der Waals surface area contributed by atoms with E-state index in [2.05, 4.69) is 9.98 Å². The molecule has 0 unspecified atom stereocenters. The van der Waals surface area contributed by atoms with Crippen molar-refractivity contribution in [2.75, 3.05) is 0 Å². The molecule has 0 atom stereocenters. The molecular weight excluding hydrogens is 221 g/mol. The van der Waals surface area contributed by atoms with E-state index in [-0.39, 0.29) is 16.9 Å². The summed E-state index contributed by atoms with van der Waals surface area (Å²) >= 11 is 5.70. The normalized spacial score (nSPS) is 11.2. The van der Waals surface area contributed by atoms with E-state index in [9.17, 15) is 4.39 Å². The van der Waals surface area contributed by atoms with E-state index >= 15 is 0 Å². The van der Waals surface area contributed by atoms with E-state index in [4.69, 9.17) is 28.8 Å². The molecule has 0 heterocycles. The van der Waals surface area contributed by atoms with Crippen molar-refractivity contribution >= 4 is 29.2 Å². The van der Waals surface area contributed by atoms with Gasteiger partial charge >= 0.3 is 0 Å². The Morgan fingerprint density at radius 3 is 2.47 bits per heavy atom. The first-order valence-electron chi connectivity index (χ1n) is 3.88. The molecule has 0 bridgehead atoms. The molecule has 5 nitrogen and oxygen atoms in total. The van der Waals surface area contributed by atoms with Gasteiger partial charge in [0.05, 0.1) is 10.7 Å². The van der Waals surface area contributed by atoms with Gasteiger partial charge in [-0.2, -0.15) is 4.99 Å². The summed E-state index contributed by atoms with van der Waals surface area (Å²) in [5.74, 6) is -0.822. The Bertz CT molecular complexity index is 425. The van der Waals surface area contributed by atoms with Gasteiger partial charge in [-0.05, 0) is 18.2 Å². The smallest absolute Gasteiger partial charge is 0.223 e. The molecule has 0 aliphatic rings. The van der Waals surface area contributed by atoms with Crippen molar-refractivity contribution in [2.45, 2.75) is 0 Å². The van der Waals surface area contributed by atoms with Crippen LogP contribution in [-0.4, -0.2) is 11.9 Å². The summed E-state index contributed by atoms with van der Waals surface area (Å²) in [6.45, 7) is 0. The summed E-state index contributed by atoms with van der Waals surface area (Å²) in [7, 11) is 0. The SMILES string of the molecule is NC(N)=NC(N)=Nc1ccc(F)cc1Cl. The molecule has 1 rings (SSSR count). The summed E-state index contributed by atoms with van der Waals surface area (Å²) in [6, 6.07) is 3.68. The van der Waals surface area contributed by atoms with Crippen LogP contribution in [0.5, 0.6) is 0 Å². The summed E-state index contributed by atoms with van der Waals surface area (Å²) in [4.78, 5) is 7.27. The highest BCUT2D eigenvalue weighted by Crippen LogP contribution is 2.25. The van der Waals surface area contributed by atoms with Crippen LogP contribution in [0.4, 0.5) is 10.1 Å². The third-order valence-corrected chi connectivity index (χ3v) is 1.69. The minimum absolute atomic E-state index is 0.128. The van der Waals surface area contributed by atoms with Crippen LogP contribution >= 0.6 is 11.6 Å². The zero-order valence-electron chi connectivity index (χ0n) is 7.61. The van der Waals surface area contributed by atoms with Gasteiger partial charge < -0.3 is 17.2 Å². The molecule has 1 aromatic carbocycles. The number of rotatable bonds is 1. The lowest BCUT2D eigenvalue weighted by Crippen LogP contribution is -2.26. The zero-order chi connectivity index (χ0) is 11.4. The third-order valence-electron chi connectivity index (χ3n) is 1.39. The van der Waals surface area contributed by atoms with Gasteiger partial charge in [0.1, 0.15) is 5.82 Å². The first kappa shape index (κ1) is 11.3. The lowest BCUT2D eigenvalue weighted by atomic mass is 10.3. The van der Waals surface area contributed by atoms with Crippen molar-refractivity contribution in [1.29, 1.82) is 0 Å². The first-order chi connectivity index (χ1) is 6.99. The van der Waals surface area contributed by atoms with Crippen molar-refractivity contribution in [3.8, 4) is 0 Å². The Hall–Kier alpha value is -1.82. The zero-order valence-corrected chi connectivity index (χ0v) is 8.37. The van der Waals surface area contributed by atoms with Crippen LogP contribution in [0.2, 0.25) is 5.02 Å². The number of hydrogen-bond donors (Lipinski definition) is 3. The molecule has 80 valence electrons. The fourth-order valence-electron chi connectivity index (χ4n) is 0.853. The largest absolute Gasteiger partial charge is 0.370 e. The van der Waals surface area contributed by atoms with Gasteiger partial charge in [0.2, 0.25) is 5.96 Å². The lowest BCUT2D eigenvalue weighted by Gasteiger charge is -1.98. The maximum atomic E-state index is 12.7. The van der Waals surface area contributed by atoms with Gasteiger partial charge in [-0.25, -0.2) is 9.38 Å². The molecule has 0 spiro atoms. The van der Waals surface area contributed by atoms with Gasteiger partial charge in [-0.3, -0.25) is 0 Å². The highest BCUT2D eigenvalue weighted by Gasteiger charge is 2.01. The van der Waals surface area contributed by atoms with Crippen LogP contribution in [-0.2, 0) is 0 Å². The van der Waals surface area contributed by atoms with Crippen LogP contribution in [0.3, 0.4) is 0 Å². The first-order valence-corrected chi connectivity index (χ1v) is 4.25. The number of halogens is 2. The Balaban J connectivity index is 3.03. The molecular formula is C8H9ClFN5. The number of nitrogens with two attached hydrogens (primary N) is 3. The molecule has 0 saturated carbocycles. The van der Waals surface area contributed by atoms with E-state index in [0.29, 0.717) is 5.69 Å². The summed E-state index contributed by atoms with van der Waals surface area (Å²) in [5, 5.41) is 0.128. The van der Waals surface area contributed by atoms with Crippen LogP contribution in [0.25, 0.3) is 0 Å². The molecule has 6 N–H and O–H groups in total. The maximum absolute atomic E-state index is 12.7. The average Bonchev–Trinajstić information content (AvgIpc) is 2.08. The minimum Gasteiger partial charge on any atom is -0.370 e. The molecule has 0 fully saturated rings. The number of nitrogens with zero attached hydrogens (tertiary/aromatic N) is 2. The number of aliphatic imine (C=N–C) groups is 2. The van der Waals surface area contributed by atoms with Crippen molar-refractivity contribution in [3.63, 3.8) is 0 Å². The average molecular weight is 230 g/mol. The highest BCUT2D eigenvalue weighted by molar-refractivity contribution is 6.33. The van der Waals surface area contributed by atoms with Gasteiger partial charge in [0, 0.05) is 0 Å². The minimum atomic E-state index is -0.459. The third kappa shape index (κ3) is 3.43. The fourth-order valence-corrected chi connectivity index (χ4v) is 1.06. The van der Waals surface area contributed by atoms with Crippen LogP contribution in [0, 0.1) is 5.82 Å². The molecule has 0 amide bonds. The predicted molar refractivity (Wildman–Crippen MR) is 58.5 cm³/mol. The van der Waals surface area contributed by atoms with Gasteiger partial charge in [0.15, 0.2) is 5.96 Å². The van der Waals surface area contributed by atoms with Crippen molar-refractivity contribution in [2.24, 2.45) is 27.2 Å². The number of guanidine groups is 2. The Kier molecular flexibility index (Phi) is 3.46. The fraction of sp³-hybridized carbons (Fsp3) is 0. The molecule has 0 aliphatic heterocycles. The monoisotopic (exact) mass is 229 g/mol. The van der Waals surface area contributed by atoms with Gasteiger partial charge in [-0.15, -0.1) is 0 Å². The molecule has 0 aliphatic carbocycles. The summed E-state index contributed by atoms with van der Waals surface area (Å²) < 4.78 is 12.7. The number of hydrogen-bond acceptors (Lipinski definition) is 1. The molecule has 1 aromatic rings. The van der Waals surface area contributed by atoms with Gasteiger partial charge in [-0.1, -0.05) is 11.6 Å². The summed E-state index contributed by atoms with van der Waals surface area (Å²) in [5.41, 5.74) is 15.8. The predicted octanol–water partition coefficient (Wildman–Crippen LogP) is 0.699. The second-order valence-electron chi connectivity index (χ2n) is 2.60. The summed E-state index contributed by atoms with van der Waals surface area (Å²) in [6.07, 6.45) is 0. The Labute approximate surface area is 90.4 Å². The Morgan fingerprint density at radius 1 is 1.27 bits per heavy atom. The second-order valence-corrected chi connectivity index (χ2v) is 3.01. The van der Waals surface area contributed by atoms with E-state index < -0.39 is 5.82 Å². The standard InChI is InChI=1S/C8H9ClFN5/c9-5-3-4(10)1-2-6(5)14-8(13)15-7(11)12/h1-3H,(H6,11,12,13,14,15). The van der Waals surface area contributed by atoms with E-state index in [1.807, 2.05) is 0 Å². The highest BCUT2D eigenvalue weighted by atomic mass is 35.5. The van der Waals surface area contributed by atoms with Crippen molar-refractivity contribution in [1.82, 2.24) is 0 Å². The molecule has 0 radical (unpaired) electrons. The lowest BCUT2D eigenvalue weighted by molar-refractivity contribution is 0.628. The van der Waals surface area contributed by atoms with E-state index in [1.54, 1.807) is 0 Å². The van der Waals surface area contributed by atoms with Crippen LogP contribution < -0.4 is 17.2 Å². The molecule has 0 saturated heterocycles. The molecule has 0 aromatic heterocycles. The van der Waals surface area contributed by atoms with Crippen molar-refractivity contribution < 1.29 is 4.39 Å². The van der Waals surface area contributed by atoms with Gasteiger partial charge in [0.25, 0.3) is 0 Å². The van der Waals surface area contributed by atoms with E-state index in [0.717, 1.165) is 6.07 Å².